The number of carbonyl (C=O) groups is 1. The van der Waals surface area contributed by atoms with Crippen molar-refractivity contribution in [2.45, 2.75) is 31.8 Å². The summed E-state index contributed by atoms with van der Waals surface area (Å²) in [5.74, 6) is -1.63. The summed E-state index contributed by atoms with van der Waals surface area (Å²) in [7, 11) is 0. The molecule has 0 saturated carbocycles. The predicted octanol–water partition coefficient (Wildman–Crippen LogP) is 3.17. The standard InChI is InChI=1S/C16H18O3/c1-3-16(19,15(17)18)11(2)13-9-8-12-6-4-5-7-14(12)10-13/h4-11,19H,3H2,1-2H3,(H,17,18). The van der Waals surface area contributed by atoms with Gasteiger partial charge in [-0.25, -0.2) is 4.79 Å². The maximum absolute atomic E-state index is 11.3. The fraction of sp³-hybridized carbons (Fsp3) is 0.312. The minimum absolute atomic E-state index is 0.177. The Morgan fingerprint density at radius 3 is 2.42 bits per heavy atom. The molecule has 0 aliphatic carbocycles. The van der Waals surface area contributed by atoms with E-state index in [9.17, 15) is 15.0 Å². The van der Waals surface area contributed by atoms with E-state index in [1.165, 1.54) is 0 Å². The van der Waals surface area contributed by atoms with Gasteiger partial charge in [0, 0.05) is 5.92 Å². The predicted molar refractivity (Wildman–Crippen MR) is 75.2 cm³/mol. The molecule has 0 aliphatic heterocycles. The van der Waals surface area contributed by atoms with Crippen LogP contribution >= 0.6 is 0 Å². The van der Waals surface area contributed by atoms with E-state index in [0.29, 0.717) is 0 Å². The maximum Gasteiger partial charge on any atom is 0.336 e. The second kappa shape index (κ2) is 5.02. The normalized spacial score (nSPS) is 15.9. The molecule has 0 aliphatic rings. The summed E-state index contributed by atoms with van der Waals surface area (Å²) in [4.78, 5) is 11.3. The summed E-state index contributed by atoms with van der Waals surface area (Å²) in [6.45, 7) is 3.44. The lowest BCUT2D eigenvalue weighted by molar-refractivity contribution is -0.161. The van der Waals surface area contributed by atoms with Gasteiger partial charge in [-0.15, -0.1) is 0 Å². The summed E-state index contributed by atoms with van der Waals surface area (Å²) in [5, 5.41) is 21.7. The number of rotatable bonds is 4. The van der Waals surface area contributed by atoms with E-state index in [-0.39, 0.29) is 6.42 Å². The second-order valence-electron chi connectivity index (χ2n) is 4.91. The lowest BCUT2D eigenvalue weighted by Gasteiger charge is -2.29. The van der Waals surface area contributed by atoms with Crippen LogP contribution < -0.4 is 0 Å². The molecule has 0 bridgehead atoms. The van der Waals surface area contributed by atoms with Crippen molar-refractivity contribution in [1.82, 2.24) is 0 Å². The summed E-state index contributed by atoms with van der Waals surface area (Å²) in [6.07, 6.45) is 0.177. The molecule has 2 unspecified atom stereocenters. The first-order valence-electron chi connectivity index (χ1n) is 6.43. The van der Waals surface area contributed by atoms with Gasteiger partial charge in [0.25, 0.3) is 0 Å². The van der Waals surface area contributed by atoms with Crippen LogP contribution in [0.1, 0.15) is 31.7 Å². The van der Waals surface area contributed by atoms with Crippen LogP contribution in [0.2, 0.25) is 0 Å². The molecular weight excluding hydrogens is 240 g/mol. The highest BCUT2D eigenvalue weighted by molar-refractivity contribution is 5.84. The van der Waals surface area contributed by atoms with Crippen molar-refractivity contribution in [1.29, 1.82) is 0 Å². The van der Waals surface area contributed by atoms with E-state index in [2.05, 4.69) is 0 Å². The largest absolute Gasteiger partial charge is 0.479 e. The van der Waals surface area contributed by atoms with Crippen molar-refractivity contribution in [2.24, 2.45) is 0 Å². The van der Waals surface area contributed by atoms with Crippen molar-refractivity contribution in [3.8, 4) is 0 Å². The van der Waals surface area contributed by atoms with Crippen molar-refractivity contribution < 1.29 is 15.0 Å². The van der Waals surface area contributed by atoms with E-state index >= 15 is 0 Å². The average Bonchev–Trinajstić information content (AvgIpc) is 2.44. The molecule has 0 radical (unpaired) electrons. The number of carboxylic acids is 1. The number of hydrogen-bond donors (Lipinski definition) is 2. The van der Waals surface area contributed by atoms with Gasteiger partial charge in [-0.1, -0.05) is 56.3 Å². The average molecular weight is 258 g/mol. The van der Waals surface area contributed by atoms with E-state index in [4.69, 9.17) is 0 Å². The van der Waals surface area contributed by atoms with Gasteiger partial charge in [0.15, 0.2) is 5.60 Å². The lowest BCUT2D eigenvalue weighted by atomic mass is 9.81. The Bertz CT molecular complexity index is 606. The number of aliphatic carboxylic acids is 1. The van der Waals surface area contributed by atoms with Crippen LogP contribution in [0.15, 0.2) is 42.5 Å². The minimum Gasteiger partial charge on any atom is -0.479 e. The molecule has 2 atom stereocenters. The van der Waals surface area contributed by atoms with E-state index in [0.717, 1.165) is 16.3 Å². The highest BCUT2D eigenvalue weighted by atomic mass is 16.4. The Morgan fingerprint density at radius 1 is 1.21 bits per heavy atom. The monoisotopic (exact) mass is 258 g/mol. The Hall–Kier alpha value is -1.87. The van der Waals surface area contributed by atoms with Crippen molar-refractivity contribution in [3.63, 3.8) is 0 Å². The van der Waals surface area contributed by atoms with Crippen LogP contribution in [0.3, 0.4) is 0 Å². The Morgan fingerprint density at radius 2 is 1.84 bits per heavy atom. The summed E-state index contributed by atoms with van der Waals surface area (Å²) < 4.78 is 0. The number of hydrogen-bond acceptors (Lipinski definition) is 2. The number of benzene rings is 2. The van der Waals surface area contributed by atoms with Gasteiger partial charge >= 0.3 is 5.97 Å². The lowest BCUT2D eigenvalue weighted by Crippen LogP contribution is -2.42. The van der Waals surface area contributed by atoms with Gasteiger partial charge in [-0.3, -0.25) is 0 Å². The molecule has 3 nitrogen and oxygen atoms in total. The molecule has 0 spiro atoms. The third kappa shape index (κ3) is 2.34. The Labute approximate surface area is 112 Å². The number of carboxylic acid groups (broad SMARTS) is 1. The molecular formula is C16H18O3. The zero-order valence-corrected chi connectivity index (χ0v) is 11.1. The number of aliphatic hydroxyl groups is 1. The van der Waals surface area contributed by atoms with Crippen LogP contribution in [-0.2, 0) is 4.79 Å². The fourth-order valence-corrected chi connectivity index (χ4v) is 2.40. The van der Waals surface area contributed by atoms with Gasteiger partial charge in [-0.05, 0) is 22.8 Å². The van der Waals surface area contributed by atoms with Crippen molar-refractivity contribution >= 4 is 16.7 Å². The van der Waals surface area contributed by atoms with Crippen LogP contribution in [0.5, 0.6) is 0 Å². The first-order chi connectivity index (χ1) is 8.99. The van der Waals surface area contributed by atoms with Gasteiger partial charge in [-0.2, -0.15) is 0 Å². The van der Waals surface area contributed by atoms with Gasteiger partial charge in [0.2, 0.25) is 0 Å². The van der Waals surface area contributed by atoms with E-state index in [1.54, 1.807) is 13.8 Å². The third-order valence-corrected chi connectivity index (χ3v) is 3.90. The second-order valence-corrected chi connectivity index (χ2v) is 4.91. The third-order valence-electron chi connectivity index (χ3n) is 3.90. The molecule has 2 aromatic rings. The van der Waals surface area contributed by atoms with E-state index in [1.807, 2.05) is 42.5 Å². The molecule has 19 heavy (non-hydrogen) atoms. The zero-order chi connectivity index (χ0) is 14.0. The molecule has 3 heteroatoms. The van der Waals surface area contributed by atoms with Crippen LogP contribution in [0.4, 0.5) is 0 Å². The maximum atomic E-state index is 11.3. The molecule has 0 saturated heterocycles. The Kier molecular flexibility index (Phi) is 3.58. The highest BCUT2D eigenvalue weighted by Crippen LogP contribution is 2.32. The molecule has 0 amide bonds. The van der Waals surface area contributed by atoms with Gasteiger partial charge < -0.3 is 10.2 Å². The first-order valence-corrected chi connectivity index (χ1v) is 6.43. The minimum atomic E-state index is -1.72. The zero-order valence-electron chi connectivity index (χ0n) is 11.1. The highest BCUT2D eigenvalue weighted by Gasteiger charge is 2.40. The van der Waals surface area contributed by atoms with Crippen molar-refractivity contribution in [2.75, 3.05) is 0 Å². The molecule has 0 aromatic heterocycles. The van der Waals surface area contributed by atoms with E-state index < -0.39 is 17.5 Å². The molecule has 100 valence electrons. The molecule has 0 fully saturated rings. The summed E-state index contributed by atoms with van der Waals surface area (Å²) in [5.41, 5.74) is -0.881. The van der Waals surface area contributed by atoms with Gasteiger partial charge in [0.1, 0.15) is 0 Å². The molecule has 2 rings (SSSR count). The van der Waals surface area contributed by atoms with Crippen LogP contribution in [0.25, 0.3) is 10.8 Å². The first kappa shape index (κ1) is 13.6. The Balaban J connectivity index is 2.46. The summed E-state index contributed by atoms with van der Waals surface area (Å²) in [6, 6.07) is 13.7. The molecule has 2 aromatic carbocycles. The topological polar surface area (TPSA) is 57.5 Å². The fourth-order valence-electron chi connectivity index (χ4n) is 2.40. The smallest absolute Gasteiger partial charge is 0.336 e. The van der Waals surface area contributed by atoms with Crippen molar-refractivity contribution in [3.05, 3.63) is 48.0 Å². The molecule has 0 heterocycles. The molecule has 2 N–H and O–H groups in total. The number of fused-ring (bicyclic) bond motifs is 1. The van der Waals surface area contributed by atoms with Crippen LogP contribution in [-0.4, -0.2) is 21.8 Å². The quantitative estimate of drug-likeness (QED) is 0.885. The SMILES string of the molecule is CCC(O)(C(=O)O)C(C)c1ccc2ccccc2c1. The summed E-state index contributed by atoms with van der Waals surface area (Å²) >= 11 is 0. The van der Waals surface area contributed by atoms with Crippen LogP contribution in [0, 0.1) is 0 Å². The van der Waals surface area contributed by atoms with Gasteiger partial charge in [0.05, 0.1) is 0 Å².